The second-order valence-corrected chi connectivity index (χ2v) is 4.82. The third-order valence-electron chi connectivity index (χ3n) is 2.90. The molecule has 0 aromatic heterocycles. The van der Waals surface area contributed by atoms with E-state index < -0.39 is 11.8 Å². The SMILES string of the molecule is CC1(C)CCc2cc(C(=O)C(=O)O)ccc2O1. The number of carboxylic acids is 1. The van der Waals surface area contributed by atoms with E-state index in [9.17, 15) is 9.59 Å². The van der Waals surface area contributed by atoms with Crippen molar-refractivity contribution >= 4 is 11.8 Å². The summed E-state index contributed by atoms with van der Waals surface area (Å²) < 4.78 is 5.76. The van der Waals surface area contributed by atoms with Crippen molar-refractivity contribution in [2.24, 2.45) is 0 Å². The molecule has 1 aliphatic rings. The van der Waals surface area contributed by atoms with E-state index in [0.29, 0.717) is 0 Å². The third-order valence-corrected chi connectivity index (χ3v) is 2.90. The smallest absolute Gasteiger partial charge is 0.377 e. The minimum Gasteiger partial charge on any atom is -0.488 e. The Balaban J connectivity index is 2.34. The summed E-state index contributed by atoms with van der Waals surface area (Å²) >= 11 is 0. The molecule has 4 nitrogen and oxygen atoms in total. The Hall–Kier alpha value is -1.84. The van der Waals surface area contributed by atoms with Crippen LogP contribution in [0.1, 0.15) is 36.2 Å². The highest BCUT2D eigenvalue weighted by Gasteiger charge is 2.27. The lowest BCUT2D eigenvalue weighted by Crippen LogP contribution is -2.32. The predicted molar refractivity (Wildman–Crippen MR) is 61.4 cm³/mol. The fourth-order valence-electron chi connectivity index (χ4n) is 1.92. The van der Waals surface area contributed by atoms with Crippen molar-refractivity contribution in [1.82, 2.24) is 0 Å². The molecule has 0 unspecified atom stereocenters. The Kier molecular flexibility index (Phi) is 2.65. The maximum absolute atomic E-state index is 11.3. The van der Waals surface area contributed by atoms with E-state index in [-0.39, 0.29) is 11.2 Å². The highest BCUT2D eigenvalue weighted by molar-refractivity contribution is 6.39. The summed E-state index contributed by atoms with van der Waals surface area (Å²) in [4.78, 5) is 21.9. The van der Waals surface area contributed by atoms with Gasteiger partial charge in [-0.15, -0.1) is 0 Å². The maximum atomic E-state index is 11.3. The molecule has 1 N–H and O–H groups in total. The molecule has 1 aromatic rings. The largest absolute Gasteiger partial charge is 0.488 e. The molecule has 0 spiro atoms. The second-order valence-electron chi connectivity index (χ2n) is 4.82. The molecule has 0 aliphatic carbocycles. The molecule has 0 amide bonds. The molecule has 4 heteroatoms. The van der Waals surface area contributed by atoms with Gasteiger partial charge in [0.1, 0.15) is 11.4 Å². The van der Waals surface area contributed by atoms with Gasteiger partial charge in [-0.1, -0.05) is 0 Å². The molecule has 0 radical (unpaired) electrons. The number of fused-ring (bicyclic) bond motifs is 1. The van der Waals surface area contributed by atoms with E-state index in [0.717, 1.165) is 24.2 Å². The topological polar surface area (TPSA) is 63.6 Å². The van der Waals surface area contributed by atoms with Gasteiger partial charge in [0.05, 0.1) is 0 Å². The van der Waals surface area contributed by atoms with Gasteiger partial charge >= 0.3 is 5.97 Å². The van der Waals surface area contributed by atoms with Gasteiger partial charge < -0.3 is 9.84 Å². The number of aryl methyl sites for hydroxylation is 1. The van der Waals surface area contributed by atoms with E-state index in [2.05, 4.69) is 0 Å². The minimum absolute atomic E-state index is 0.203. The molecular formula is C13H14O4. The van der Waals surface area contributed by atoms with E-state index in [1.807, 2.05) is 13.8 Å². The van der Waals surface area contributed by atoms with Gasteiger partial charge in [-0.05, 0) is 50.5 Å². The molecule has 0 saturated carbocycles. The van der Waals surface area contributed by atoms with Crippen LogP contribution in [0, 0.1) is 0 Å². The summed E-state index contributed by atoms with van der Waals surface area (Å²) in [5.74, 6) is -1.57. The molecule has 17 heavy (non-hydrogen) atoms. The lowest BCUT2D eigenvalue weighted by atomic mass is 9.93. The van der Waals surface area contributed by atoms with Crippen molar-refractivity contribution in [2.75, 3.05) is 0 Å². The van der Waals surface area contributed by atoms with Gasteiger partial charge in [0.15, 0.2) is 0 Å². The van der Waals surface area contributed by atoms with E-state index >= 15 is 0 Å². The first-order valence-corrected chi connectivity index (χ1v) is 5.49. The monoisotopic (exact) mass is 234 g/mol. The molecular weight excluding hydrogens is 220 g/mol. The van der Waals surface area contributed by atoms with Gasteiger partial charge in [-0.25, -0.2) is 4.79 Å². The summed E-state index contributed by atoms with van der Waals surface area (Å²) in [6.45, 7) is 4.01. The first kappa shape index (κ1) is 11.6. The number of ether oxygens (including phenoxy) is 1. The number of benzene rings is 1. The highest BCUT2D eigenvalue weighted by atomic mass is 16.5. The zero-order chi connectivity index (χ0) is 12.6. The van der Waals surface area contributed by atoms with Crippen molar-refractivity contribution in [3.8, 4) is 5.75 Å². The van der Waals surface area contributed by atoms with E-state index in [1.165, 1.54) is 6.07 Å². The molecule has 0 fully saturated rings. The number of carboxylic acid groups (broad SMARTS) is 1. The third kappa shape index (κ3) is 2.30. The fraction of sp³-hybridized carbons (Fsp3) is 0.385. The van der Waals surface area contributed by atoms with Gasteiger partial charge in [0.2, 0.25) is 0 Å². The molecule has 1 heterocycles. The Labute approximate surface area is 99.2 Å². The molecule has 0 bridgehead atoms. The first-order valence-electron chi connectivity index (χ1n) is 5.49. The number of hydrogen-bond acceptors (Lipinski definition) is 3. The van der Waals surface area contributed by atoms with Crippen LogP contribution in [-0.2, 0) is 11.2 Å². The quantitative estimate of drug-likeness (QED) is 0.628. The van der Waals surface area contributed by atoms with Crippen LogP contribution < -0.4 is 4.74 Å². The van der Waals surface area contributed by atoms with E-state index in [4.69, 9.17) is 9.84 Å². The number of hydrogen-bond donors (Lipinski definition) is 1. The van der Waals surface area contributed by atoms with Crippen LogP contribution in [0.4, 0.5) is 0 Å². The molecule has 0 atom stereocenters. The Bertz CT molecular complexity index is 488. The van der Waals surface area contributed by atoms with Crippen molar-refractivity contribution in [2.45, 2.75) is 32.3 Å². The molecule has 90 valence electrons. The number of rotatable bonds is 2. The lowest BCUT2D eigenvalue weighted by molar-refractivity contribution is -0.131. The van der Waals surface area contributed by atoms with Crippen LogP contribution >= 0.6 is 0 Å². The Morgan fingerprint density at radius 1 is 1.35 bits per heavy atom. The summed E-state index contributed by atoms with van der Waals surface area (Å²) in [6.07, 6.45) is 1.65. The molecule has 1 aromatic carbocycles. The van der Waals surface area contributed by atoms with Crippen molar-refractivity contribution < 1.29 is 19.4 Å². The van der Waals surface area contributed by atoms with Gasteiger partial charge in [-0.3, -0.25) is 4.79 Å². The average molecular weight is 234 g/mol. The van der Waals surface area contributed by atoms with Gasteiger partial charge in [0.25, 0.3) is 5.78 Å². The van der Waals surface area contributed by atoms with Gasteiger partial charge in [-0.2, -0.15) is 0 Å². The van der Waals surface area contributed by atoms with Crippen molar-refractivity contribution in [3.63, 3.8) is 0 Å². The summed E-state index contributed by atoms with van der Waals surface area (Å²) in [7, 11) is 0. The van der Waals surface area contributed by atoms with Crippen LogP contribution in [0.25, 0.3) is 0 Å². The Morgan fingerprint density at radius 2 is 2.06 bits per heavy atom. The lowest BCUT2D eigenvalue weighted by Gasteiger charge is -2.32. The summed E-state index contributed by atoms with van der Waals surface area (Å²) in [5.41, 5.74) is 0.904. The number of Topliss-reactive ketones (excluding diaryl/α,β-unsaturated/α-hetero) is 1. The highest BCUT2D eigenvalue weighted by Crippen LogP contribution is 2.33. The predicted octanol–water partition coefficient (Wildman–Crippen LogP) is 2.06. The first-order chi connectivity index (χ1) is 7.89. The standard InChI is InChI=1S/C13H14O4/c1-13(2)6-5-8-7-9(11(14)12(15)16)3-4-10(8)17-13/h3-4,7H,5-6H2,1-2H3,(H,15,16). The zero-order valence-electron chi connectivity index (χ0n) is 9.82. The second kappa shape index (κ2) is 3.87. The van der Waals surface area contributed by atoms with Crippen LogP contribution in [0.2, 0.25) is 0 Å². The van der Waals surface area contributed by atoms with Crippen molar-refractivity contribution in [1.29, 1.82) is 0 Å². The molecule has 0 saturated heterocycles. The van der Waals surface area contributed by atoms with Crippen molar-refractivity contribution in [3.05, 3.63) is 29.3 Å². The Morgan fingerprint density at radius 3 is 2.71 bits per heavy atom. The average Bonchev–Trinajstić information content (AvgIpc) is 2.26. The van der Waals surface area contributed by atoms with Crippen LogP contribution in [-0.4, -0.2) is 22.5 Å². The zero-order valence-corrected chi connectivity index (χ0v) is 9.82. The molecule has 1 aliphatic heterocycles. The number of aliphatic carboxylic acids is 1. The number of carbonyl (C=O) groups is 2. The van der Waals surface area contributed by atoms with Gasteiger partial charge in [0, 0.05) is 5.56 Å². The van der Waals surface area contributed by atoms with Crippen LogP contribution in [0.3, 0.4) is 0 Å². The maximum Gasteiger partial charge on any atom is 0.377 e. The number of carbonyl (C=O) groups excluding carboxylic acids is 1. The van der Waals surface area contributed by atoms with Crippen LogP contribution in [0.15, 0.2) is 18.2 Å². The van der Waals surface area contributed by atoms with E-state index in [1.54, 1.807) is 12.1 Å². The number of ketones is 1. The fourth-order valence-corrected chi connectivity index (χ4v) is 1.92. The van der Waals surface area contributed by atoms with Crippen LogP contribution in [0.5, 0.6) is 5.75 Å². The molecule has 2 rings (SSSR count). The normalized spacial score (nSPS) is 16.8. The minimum atomic E-state index is -1.43. The summed E-state index contributed by atoms with van der Waals surface area (Å²) in [6, 6.07) is 4.78. The summed E-state index contributed by atoms with van der Waals surface area (Å²) in [5, 5.41) is 8.64.